The molecule has 3 nitrogen and oxygen atoms in total. The normalized spacial score (nSPS) is 11.5. The predicted molar refractivity (Wildman–Crippen MR) is 90.2 cm³/mol. The minimum absolute atomic E-state index is 0.224. The van der Waals surface area contributed by atoms with Gasteiger partial charge in [-0.1, -0.05) is 42.5 Å². The predicted octanol–water partition coefficient (Wildman–Crippen LogP) is 4.67. The highest BCUT2D eigenvalue weighted by molar-refractivity contribution is 5.86. The summed E-state index contributed by atoms with van der Waals surface area (Å²) in [5, 5.41) is 10.9. The summed E-state index contributed by atoms with van der Waals surface area (Å²) < 4.78 is 5.22. The number of carboxylic acid groups (broad SMARTS) is 1. The first-order valence-corrected chi connectivity index (χ1v) is 7.32. The molecule has 0 saturated heterocycles. The van der Waals surface area contributed by atoms with Gasteiger partial charge in [0.25, 0.3) is 0 Å². The number of allylic oxidation sites excluding steroid dienone is 3. The van der Waals surface area contributed by atoms with E-state index < -0.39 is 5.97 Å². The number of fused-ring (bicyclic) bond motifs is 1. The van der Waals surface area contributed by atoms with Gasteiger partial charge in [0, 0.05) is 6.42 Å². The number of carbonyl (C=O) groups is 1. The monoisotopic (exact) mass is 296 g/mol. The summed E-state index contributed by atoms with van der Waals surface area (Å²) in [6.45, 7) is 0. The van der Waals surface area contributed by atoms with Gasteiger partial charge in [0.2, 0.25) is 0 Å². The van der Waals surface area contributed by atoms with Crippen LogP contribution in [0.3, 0.4) is 0 Å². The maximum atomic E-state index is 10.4. The molecular weight excluding hydrogens is 276 g/mol. The highest BCUT2D eigenvalue weighted by Crippen LogP contribution is 2.22. The van der Waals surface area contributed by atoms with Gasteiger partial charge in [0.15, 0.2) is 0 Å². The molecule has 0 fully saturated rings. The van der Waals surface area contributed by atoms with Gasteiger partial charge >= 0.3 is 5.97 Å². The minimum Gasteiger partial charge on any atom is -0.497 e. The van der Waals surface area contributed by atoms with E-state index in [4.69, 9.17) is 9.84 Å². The van der Waals surface area contributed by atoms with Crippen molar-refractivity contribution >= 4 is 22.8 Å². The van der Waals surface area contributed by atoms with Crippen molar-refractivity contribution in [2.45, 2.75) is 19.3 Å². The summed E-state index contributed by atoms with van der Waals surface area (Å²) in [4.78, 5) is 10.4. The highest BCUT2D eigenvalue weighted by atomic mass is 16.5. The summed E-state index contributed by atoms with van der Waals surface area (Å²) >= 11 is 0. The Bertz CT molecular complexity index is 699. The summed E-state index contributed by atoms with van der Waals surface area (Å²) in [6, 6.07) is 12.3. The van der Waals surface area contributed by atoms with E-state index in [2.05, 4.69) is 18.2 Å². The van der Waals surface area contributed by atoms with Crippen LogP contribution in [0.25, 0.3) is 16.8 Å². The molecule has 1 N–H and O–H groups in total. The molecule has 0 aromatic heterocycles. The smallest absolute Gasteiger partial charge is 0.303 e. The van der Waals surface area contributed by atoms with Crippen LogP contribution in [0, 0.1) is 0 Å². The lowest BCUT2D eigenvalue weighted by atomic mass is 10.1. The van der Waals surface area contributed by atoms with Crippen molar-refractivity contribution in [2.24, 2.45) is 0 Å². The van der Waals surface area contributed by atoms with Crippen molar-refractivity contribution in [3.8, 4) is 5.75 Å². The lowest BCUT2D eigenvalue weighted by Crippen LogP contribution is -1.92. The maximum Gasteiger partial charge on any atom is 0.303 e. The summed E-state index contributed by atoms with van der Waals surface area (Å²) in [7, 11) is 1.67. The number of rotatable bonds is 7. The third kappa shape index (κ3) is 4.77. The average molecular weight is 296 g/mol. The largest absolute Gasteiger partial charge is 0.497 e. The molecule has 0 amide bonds. The Balaban J connectivity index is 1.95. The molecule has 0 saturated carbocycles. The van der Waals surface area contributed by atoms with Gasteiger partial charge in [-0.3, -0.25) is 4.79 Å². The molecule has 2 aromatic rings. The molecule has 0 spiro atoms. The summed E-state index contributed by atoms with van der Waals surface area (Å²) in [6.07, 6.45) is 9.65. The van der Waals surface area contributed by atoms with Crippen molar-refractivity contribution in [2.75, 3.05) is 7.11 Å². The van der Waals surface area contributed by atoms with Gasteiger partial charge in [-0.15, -0.1) is 0 Å². The fourth-order valence-corrected chi connectivity index (χ4v) is 2.19. The first kappa shape index (κ1) is 15.8. The van der Waals surface area contributed by atoms with Crippen molar-refractivity contribution < 1.29 is 14.6 Å². The van der Waals surface area contributed by atoms with Crippen LogP contribution in [0.5, 0.6) is 5.75 Å². The Morgan fingerprint density at radius 1 is 1.14 bits per heavy atom. The number of aliphatic carboxylic acids is 1. The zero-order chi connectivity index (χ0) is 15.8. The molecule has 0 aliphatic carbocycles. The van der Waals surface area contributed by atoms with Gasteiger partial charge in [-0.05, 0) is 47.4 Å². The van der Waals surface area contributed by atoms with Gasteiger partial charge in [0.1, 0.15) is 5.75 Å². The van der Waals surface area contributed by atoms with Crippen LogP contribution in [-0.2, 0) is 4.79 Å². The molecule has 0 atom stereocenters. The Labute approximate surface area is 130 Å². The number of unbranched alkanes of at least 4 members (excludes halogenated alkanes) is 1. The summed E-state index contributed by atoms with van der Waals surface area (Å²) in [5.41, 5.74) is 1.13. The van der Waals surface area contributed by atoms with Crippen LogP contribution >= 0.6 is 0 Å². The van der Waals surface area contributed by atoms with Crippen molar-refractivity contribution in [3.63, 3.8) is 0 Å². The van der Waals surface area contributed by atoms with Crippen LogP contribution in [0.1, 0.15) is 24.8 Å². The Morgan fingerprint density at radius 3 is 2.68 bits per heavy atom. The van der Waals surface area contributed by atoms with E-state index in [0.29, 0.717) is 6.42 Å². The van der Waals surface area contributed by atoms with Crippen LogP contribution in [0.4, 0.5) is 0 Å². The van der Waals surface area contributed by atoms with Crippen LogP contribution in [0.2, 0.25) is 0 Å². The molecule has 0 bridgehead atoms. The number of carboxylic acids is 1. The molecule has 0 aliphatic rings. The lowest BCUT2D eigenvalue weighted by Gasteiger charge is -2.03. The number of hydrogen-bond acceptors (Lipinski definition) is 2. The third-order valence-electron chi connectivity index (χ3n) is 3.37. The fraction of sp³-hybridized carbons (Fsp3) is 0.211. The molecule has 114 valence electrons. The zero-order valence-electron chi connectivity index (χ0n) is 12.7. The quantitative estimate of drug-likeness (QED) is 0.596. The lowest BCUT2D eigenvalue weighted by molar-refractivity contribution is -0.137. The van der Waals surface area contributed by atoms with E-state index >= 15 is 0 Å². The van der Waals surface area contributed by atoms with Crippen LogP contribution in [-0.4, -0.2) is 18.2 Å². The Hall–Kier alpha value is -2.55. The van der Waals surface area contributed by atoms with Crippen LogP contribution < -0.4 is 4.74 Å². The second-order valence-corrected chi connectivity index (χ2v) is 5.05. The SMILES string of the molecule is COc1ccc2cc(C=C/C=C/CCCC(=O)O)ccc2c1. The molecule has 2 aromatic carbocycles. The topological polar surface area (TPSA) is 46.5 Å². The third-order valence-corrected chi connectivity index (χ3v) is 3.37. The number of ether oxygens (including phenoxy) is 1. The number of benzene rings is 2. The second kappa shape index (κ2) is 8.03. The van der Waals surface area contributed by atoms with Gasteiger partial charge < -0.3 is 9.84 Å². The molecule has 0 unspecified atom stereocenters. The molecule has 0 heterocycles. The molecule has 0 radical (unpaired) electrons. The van der Waals surface area contributed by atoms with E-state index in [-0.39, 0.29) is 6.42 Å². The molecule has 3 heteroatoms. The van der Waals surface area contributed by atoms with E-state index in [0.717, 1.165) is 23.1 Å². The first-order valence-electron chi connectivity index (χ1n) is 7.32. The van der Waals surface area contributed by atoms with Gasteiger partial charge in [0.05, 0.1) is 7.11 Å². The van der Waals surface area contributed by atoms with Gasteiger partial charge in [-0.25, -0.2) is 0 Å². The number of hydrogen-bond donors (Lipinski definition) is 1. The maximum absolute atomic E-state index is 10.4. The standard InChI is InChI=1S/C19H20O3/c1-22-18-12-11-16-13-15(9-10-17(16)14-18)7-5-3-2-4-6-8-19(20)21/h2-3,5,7,9-14H,4,6,8H2,1H3,(H,20,21)/b3-2+,7-5?. The van der Waals surface area contributed by atoms with E-state index in [1.165, 1.54) is 5.39 Å². The fourth-order valence-electron chi connectivity index (χ4n) is 2.19. The second-order valence-electron chi connectivity index (χ2n) is 5.05. The highest BCUT2D eigenvalue weighted by Gasteiger charge is 1.97. The average Bonchev–Trinajstić information content (AvgIpc) is 2.53. The zero-order valence-corrected chi connectivity index (χ0v) is 12.7. The van der Waals surface area contributed by atoms with E-state index in [1.54, 1.807) is 7.11 Å². The van der Waals surface area contributed by atoms with Gasteiger partial charge in [-0.2, -0.15) is 0 Å². The van der Waals surface area contributed by atoms with Crippen molar-refractivity contribution in [3.05, 3.63) is 60.2 Å². The molecule has 0 aliphatic heterocycles. The molecule has 2 rings (SSSR count). The Kier molecular flexibility index (Phi) is 5.78. The molecular formula is C19H20O3. The first-order chi connectivity index (χ1) is 10.7. The van der Waals surface area contributed by atoms with E-state index in [1.807, 2.05) is 42.5 Å². The van der Waals surface area contributed by atoms with E-state index in [9.17, 15) is 4.79 Å². The number of methoxy groups -OCH3 is 1. The Morgan fingerprint density at radius 2 is 1.91 bits per heavy atom. The van der Waals surface area contributed by atoms with Crippen LogP contribution in [0.15, 0.2) is 54.6 Å². The minimum atomic E-state index is -0.739. The van der Waals surface area contributed by atoms with Crippen molar-refractivity contribution in [1.29, 1.82) is 0 Å². The summed E-state index contributed by atoms with van der Waals surface area (Å²) in [5.74, 6) is 0.122. The van der Waals surface area contributed by atoms with Crippen molar-refractivity contribution in [1.82, 2.24) is 0 Å². The molecule has 22 heavy (non-hydrogen) atoms.